The summed E-state index contributed by atoms with van der Waals surface area (Å²) in [6.45, 7) is 0.388. The molecule has 0 saturated carbocycles. The fraction of sp³-hybridized carbons (Fsp3) is 0.385. The first-order chi connectivity index (χ1) is 8.69. The average Bonchev–Trinajstić information content (AvgIpc) is 2.75. The molecule has 1 atom stereocenters. The van der Waals surface area contributed by atoms with E-state index in [9.17, 15) is 9.59 Å². The first kappa shape index (κ1) is 13.0. The zero-order chi connectivity index (χ0) is 13.0. The SMILES string of the molecule is O=C(Cc1cccc(CS)c1)NC1CCOC1=O. The normalized spacial score (nSPS) is 18.5. The maximum Gasteiger partial charge on any atom is 0.328 e. The molecule has 0 radical (unpaired) electrons. The van der Waals surface area contributed by atoms with E-state index in [4.69, 9.17) is 4.74 Å². The molecule has 1 aromatic carbocycles. The molecule has 0 spiro atoms. The van der Waals surface area contributed by atoms with Crippen molar-refractivity contribution in [3.63, 3.8) is 0 Å². The maximum absolute atomic E-state index is 11.8. The Bertz CT molecular complexity index is 461. The molecular formula is C13H15NO3S. The summed E-state index contributed by atoms with van der Waals surface area (Å²) in [5, 5.41) is 2.68. The van der Waals surface area contributed by atoms with Crippen LogP contribution in [0, 0.1) is 0 Å². The van der Waals surface area contributed by atoms with Crippen LogP contribution in [0.3, 0.4) is 0 Å². The summed E-state index contributed by atoms with van der Waals surface area (Å²) in [5.74, 6) is 0.146. The molecule has 1 aliphatic heterocycles. The van der Waals surface area contributed by atoms with Gasteiger partial charge in [-0.2, -0.15) is 12.6 Å². The van der Waals surface area contributed by atoms with Crippen LogP contribution in [0.2, 0.25) is 0 Å². The van der Waals surface area contributed by atoms with Crippen LogP contribution in [0.1, 0.15) is 17.5 Å². The van der Waals surface area contributed by atoms with Gasteiger partial charge in [-0.25, -0.2) is 4.79 Å². The first-order valence-electron chi connectivity index (χ1n) is 5.83. The van der Waals surface area contributed by atoms with E-state index in [1.54, 1.807) is 0 Å². The molecule has 0 bridgehead atoms. The summed E-state index contributed by atoms with van der Waals surface area (Å²) in [6.07, 6.45) is 0.826. The van der Waals surface area contributed by atoms with E-state index in [2.05, 4.69) is 17.9 Å². The van der Waals surface area contributed by atoms with Crippen molar-refractivity contribution in [1.82, 2.24) is 5.32 Å². The fourth-order valence-electron chi connectivity index (χ4n) is 1.90. The standard InChI is InChI=1S/C13H15NO3S/c15-12(14-11-4-5-17-13(11)16)7-9-2-1-3-10(6-9)8-18/h1-3,6,11,18H,4-5,7-8H2,(H,14,15). The van der Waals surface area contributed by atoms with E-state index >= 15 is 0 Å². The number of carbonyl (C=O) groups is 2. The highest BCUT2D eigenvalue weighted by Gasteiger charge is 2.27. The number of carbonyl (C=O) groups excluding carboxylic acids is 2. The highest BCUT2D eigenvalue weighted by Crippen LogP contribution is 2.10. The molecule has 4 nitrogen and oxygen atoms in total. The van der Waals surface area contributed by atoms with Crippen molar-refractivity contribution in [3.8, 4) is 0 Å². The van der Waals surface area contributed by atoms with Gasteiger partial charge in [0.1, 0.15) is 6.04 Å². The van der Waals surface area contributed by atoms with Crippen molar-refractivity contribution in [2.24, 2.45) is 0 Å². The lowest BCUT2D eigenvalue weighted by Crippen LogP contribution is -2.38. The number of esters is 1. The van der Waals surface area contributed by atoms with E-state index in [-0.39, 0.29) is 18.3 Å². The third-order valence-corrected chi connectivity index (χ3v) is 3.17. The zero-order valence-corrected chi connectivity index (χ0v) is 10.8. The molecule has 1 N–H and O–H groups in total. The second-order valence-electron chi connectivity index (χ2n) is 4.23. The van der Waals surface area contributed by atoms with E-state index in [1.165, 1.54) is 0 Å². The number of hydrogen-bond donors (Lipinski definition) is 2. The Morgan fingerprint density at radius 1 is 1.44 bits per heavy atom. The second kappa shape index (κ2) is 5.91. The van der Waals surface area contributed by atoms with Crippen LogP contribution < -0.4 is 5.32 Å². The van der Waals surface area contributed by atoms with E-state index < -0.39 is 6.04 Å². The summed E-state index contributed by atoms with van der Waals surface area (Å²) in [4.78, 5) is 23.0. The number of hydrogen-bond acceptors (Lipinski definition) is 4. The molecule has 1 fully saturated rings. The molecule has 5 heteroatoms. The van der Waals surface area contributed by atoms with Crippen molar-refractivity contribution in [2.75, 3.05) is 6.61 Å². The van der Waals surface area contributed by atoms with Gasteiger partial charge in [0, 0.05) is 12.2 Å². The molecule has 0 aromatic heterocycles. The number of nitrogens with one attached hydrogen (secondary N) is 1. The molecule has 1 amide bonds. The van der Waals surface area contributed by atoms with Crippen LogP contribution in [0.25, 0.3) is 0 Å². The number of cyclic esters (lactones) is 1. The highest BCUT2D eigenvalue weighted by molar-refractivity contribution is 7.79. The van der Waals surface area contributed by atoms with Crippen molar-refractivity contribution >= 4 is 24.5 Å². The van der Waals surface area contributed by atoms with Gasteiger partial charge < -0.3 is 10.1 Å². The summed E-state index contributed by atoms with van der Waals surface area (Å²) in [5.41, 5.74) is 1.99. The van der Waals surface area contributed by atoms with Crippen molar-refractivity contribution in [1.29, 1.82) is 0 Å². The lowest BCUT2D eigenvalue weighted by molar-refractivity contribution is -0.141. The van der Waals surface area contributed by atoms with Gasteiger partial charge in [0.2, 0.25) is 5.91 Å². The number of benzene rings is 1. The predicted octanol–water partition coefficient (Wildman–Crippen LogP) is 1.09. The maximum atomic E-state index is 11.8. The lowest BCUT2D eigenvalue weighted by Gasteiger charge is -2.09. The second-order valence-corrected chi connectivity index (χ2v) is 4.55. The smallest absolute Gasteiger partial charge is 0.328 e. The summed E-state index contributed by atoms with van der Waals surface area (Å²) < 4.78 is 4.79. The number of amides is 1. The minimum Gasteiger partial charge on any atom is -0.464 e. The molecule has 18 heavy (non-hydrogen) atoms. The van der Waals surface area contributed by atoms with Crippen LogP contribution in [0.4, 0.5) is 0 Å². The Labute approximate surface area is 111 Å². The topological polar surface area (TPSA) is 55.4 Å². The van der Waals surface area contributed by atoms with Gasteiger partial charge in [-0.3, -0.25) is 4.79 Å². The minimum absolute atomic E-state index is 0.157. The number of ether oxygens (including phenoxy) is 1. The van der Waals surface area contributed by atoms with Gasteiger partial charge in [-0.15, -0.1) is 0 Å². The van der Waals surface area contributed by atoms with Crippen LogP contribution >= 0.6 is 12.6 Å². The van der Waals surface area contributed by atoms with Crippen LogP contribution in [0.15, 0.2) is 24.3 Å². The third kappa shape index (κ3) is 3.26. The molecule has 1 unspecified atom stereocenters. The summed E-state index contributed by atoms with van der Waals surface area (Å²) >= 11 is 4.19. The largest absolute Gasteiger partial charge is 0.464 e. The van der Waals surface area contributed by atoms with Gasteiger partial charge >= 0.3 is 5.97 Å². The molecule has 1 aliphatic rings. The molecule has 2 rings (SSSR count). The minimum atomic E-state index is -0.481. The lowest BCUT2D eigenvalue weighted by atomic mass is 10.1. The van der Waals surface area contributed by atoms with Crippen LogP contribution in [-0.2, 0) is 26.5 Å². The Morgan fingerprint density at radius 3 is 2.89 bits per heavy atom. The summed E-state index contributed by atoms with van der Waals surface area (Å²) in [6, 6.07) is 7.21. The Balaban J connectivity index is 1.92. The highest BCUT2D eigenvalue weighted by atomic mass is 32.1. The van der Waals surface area contributed by atoms with E-state index in [1.807, 2.05) is 24.3 Å². The number of rotatable bonds is 4. The fourth-order valence-corrected chi connectivity index (χ4v) is 2.09. The van der Waals surface area contributed by atoms with Gasteiger partial charge in [0.25, 0.3) is 0 Å². The monoisotopic (exact) mass is 265 g/mol. The van der Waals surface area contributed by atoms with Gasteiger partial charge in [-0.1, -0.05) is 24.3 Å². The predicted molar refractivity (Wildman–Crippen MR) is 70.3 cm³/mol. The molecule has 1 heterocycles. The van der Waals surface area contributed by atoms with Gasteiger partial charge in [0.05, 0.1) is 13.0 Å². The Morgan fingerprint density at radius 2 is 2.22 bits per heavy atom. The van der Waals surface area contributed by atoms with E-state index in [0.29, 0.717) is 18.8 Å². The number of thiol groups is 1. The quantitative estimate of drug-likeness (QED) is 0.633. The van der Waals surface area contributed by atoms with Crippen LogP contribution in [-0.4, -0.2) is 24.5 Å². The van der Waals surface area contributed by atoms with Crippen LogP contribution in [0.5, 0.6) is 0 Å². The van der Waals surface area contributed by atoms with Crippen molar-refractivity contribution < 1.29 is 14.3 Å². The van der Waals surface area contributed by atoms with Crippen molar-refractivity contribution in [2.45, 2.75) is 24.6 Å². The van der Waals surface area contributed by atoms with E-state index in [0.717, 1.165) is 11.1 Å². The molecule has 96 valence electrons. The first-order valence-corrected chi connectivity index (χ1v) is 6.47. The zero-order valence-electron chi connectivity index (χ0n) is 9.89. The average molecular weight is 265 g/mol. The molecule has 0 aliphatic carbocycles. The van der Waals surface area contributed by atoms with Gasteiger partial charge in [-0.05, 0) is 11.1 Å². The van der Waals surface area contributed by atoms with Gasteiger partial charge in [0.15, 0.2) is 0 Å². The Hall–Kier alpha value is -1.49. The molecule has 1 saturated heterocycles. The molecule has 1 aromatic rings. The van der Waals surface area contributed by atoms with Crippen molar-refractivity contribution in [3.05, 3.63) is 35.4 Å². The third-order valence-electron chi connectivity index (χ3n) is 2.81. The molecular weight excluding hydrogens is 250 g/mol. The summed E-state index contributed by atoms with van der Waals surface area (Å²) in [7, 11) is 0. The Kier molecular flexibility index (Phi) is 4.25.